The molecule has 0 aliphatic heterocycles. The quantitative estimate of drug-likeness (QED) is 0.868. The van der Waals surface area contributed by atoms with Gasteiger partial charge in [0, 0.05) is 23.8 Å². The largest absolute Gasteiger partial charge is 0.497 e. The SMILES string of the molecule is COc1ccc([C@@H](C)NCc2c(C)n[nH]c2C)cc1. The third-order valence-corrected chi connectivity index (χ3v) is 3.48. The number of aromatic nitrogens is 2. The highest BCUT2D eigenvalue weighted by Crippen LogP contribution is 2.18. The molecule has 19 heavy (non-hydrogen) atoms. The van der Waals surface area contributed by atoms with E-state index in [1.807, 2.05) is 19.1 Å². The summed E-state index contributed by atoms with van der Waals surface area (Å²) in [7, 11) is 1.68. The molecule has 4 heteroatoms. The molecule has 0 bridgehead atoms. The van der Waals surface area contributed by atoms with Gasteiger partial charge in [-0.2, -0.15) is 5.10 Å². The normalized spacial score (nSPS) is 12.4. The van der Waals surface area contributed by atoms with Crippen molar-refractivity contribution in [1.29, 1.82) is 0 Å². The van der Waals surface area contributed by atoms with Gasteiger partial charge in [-0.15, -0.1) is 0 Å². The lowest BCUT2D eigenvalue weighted by Gasteiger charge is -2.15. The number of ether oxygens (including phenoxy) is 1. The van der Waals surface area contributed by atoms with Crippen LogP contribution in [0.25, 0.3) is 0 Å². The van der Waals surface area contributed by atoms with E-state index >= 15 is 0 Å². The third-order valence-electron chi connectivity index (χ3n) is 3.48. The van der Waals surface area contributed by atoms with Crippen LogP contribution < -0.4 is 10.1 Å². The van der Waals surface area contributed by atoms with Gasteiger partial charge in [0.1, 0.15) is 5.75 Å². The van der Waals surface area contributed by atoms with Crippen molar-refractivity contribution in [3.63, 3.8) is 0 Å². The summed E-state index contributed by atoms with van der Waals surface area (Å²) in [6.07, 6.45) is 0. The maximum atomic E-state index is 5.17. The predicted octanol–water partition coefficient (Wildman–Crippen LogP) is 2.89. The van der Waals surface area contributed by atoms with Crippen LogP contribution in [0.4, 0.5) is 0 Å². The molecule has 2 aromatic rings. The van der Waals surface area contributed by atoms with E-state index in [9.17, 15) is 0 Å². The number of nitrogens with zero attached hydrogens (tertiary/aromatic N) is 1. The minimum absolute atomic E-state index is 0.291. The molecule has 1 aromatic heterocycles. The van der Waals surface area contributed by atoms with Crippen LogP contribution in [0.15, 0.2) is 24.3 Å². The molecule has 0 saturated heterocycles. The van der Waals surface area contributed by atoms with Gasteiger partial charge >= 0.3 is 0 Å². The van der Waals surface area contributed by atoms with Crippen LogP contribution in [-0.4, -0.2) is 17.3 Å². The summed E-state index contributed by atoms with van der Waals surface area (Å²) in [6, 6.07) is 8.44. The van der Waals surface area contributed by atoms with Crippen molar-refractivity contribution in [2.24, 2.45) is 0 Å². The fourth-order valence-electron chi connectivity index (χ4n) is 2.10. The second kappa shape index (κ2) is 5.89. The molecule has 1 atom stereocenters. The monoisotopic (exact) mass is 259 g/mol. The van der Waals surface area contributed by atoms with Crippen molar-refractivity contribution in [2.75, 3.05) is 7.11 Å². The minimum Gasteiger partial charge on any atom is -0.497 e. The lowest BCUT2D eigenvalue weighted by molar-refractivity contribution is 0.414. The Balaban J connectivity index is 1.99. The fraction of sp³-hybridized carbons (Fsp3) is 0.400. The van der Waals surface area contributed by atoms with Gasteiger partial charge in [-0.05, 0) is 38.5 Å². The Morgan fingerprint density at radius 1 is 1.26 bits per heavy atom. The van der Waals surface area contributed by atoms with E-state index in [1.54, 1.807) is 7.11 Å². The Hall–Kier alpha value is -1.81. The molecular weight excluding hydrogens is 238 g/mol. The van der Waals surface area contributed by atoms with Gasteiger partial charge in [-0.3, -0.25) is 5.10 Å². The molecule has 0 saturated carbocycles. The van der Waals surface area contributed by atoms with Gasteiger partial charge in [-0.1, -0.05) is 12.1 Å². The van der Waals surface area contributed by atoms with Gasteiger partial charge in [-0.25, -0.2) is 0 Å². The van der Waals surface area contributed by atoms with Crippen LogP contribution >= 0.6 is 0 Å². The van der Waals surface area contributed by atoms with Crippen LogP contribution in [0.1, 0.15) is 35.5 Å². The average Bonchev–Trinajstić information content (AvgIpc) is 2.75. The lowest BCUT2D eigenvalue weighted by atomic mass is 10.1. The molecular formula is C15H21N3O. The maximum Gasteiger partial charge on any atom is 0.118 e. The van der Waals surface area contributed by atoms with E-state index < -0.39 is 0 Å². The molecule has 0 aliphatic rings. The highest BCUT2D eigenvalue weighted by Gasteiger charge is 2.09. The zero-order valence-corrected chi connectivity index (χ0v) is 11.9. The van der Waals surface area contributed by atoms with E-state index in [0.717, 1.165) is 23.7 Å². The molecule has 0 spiro atoms. The zero-order valence-electron chi connectivity index (χ0n) is 11.9. The minimum atomic E-state index is 0.291. The molecule has 1 aromatic carbocycles. The third kappa shape index (κ3) is 3.15. The first-order valence-corrected chi connectivity index (χ1v) is 6.49. The number of nitrogens with one attached hydrogen (secondary N) is 2. The van der Waals surface area contributed by atoms with Crippen LogP contribution in [0, 0.1) is 13.8 Å². The Morgan fingerprint density at radius 2 is 1.95 bits per heavy atom. The number of H-pyrrole nitrogens is 1. The van der Waals surface area contributed by atoms with Crippen LogP contribution in [0.2, 0.25) is 0 Å². The number of aromatic amines is 1. The summed E-state index contributed by atoms with van der Waals surface area (Å²) in [5, 5.41) is 10.7. The molecule has 0 unspecified atom stereocenters. The predicted molar refractivity (Wildman–Crippen MR) is 76.3 cm³/mol. The second-order valence-corrected chi connectivity index (χ2v) is 4.79. The molecule has 2 N–H and O–H groups in total. The summed E-state index contributed by atoms with van der Waals surface area (Å²) < 4.78 is 5.17. The van der Waals surface area contributed by atoms with Crippen molar-refractivity contribution in [2.45, 2.75) is 33.4 Å². The van der Waals surface area contributed by atoms with Gasteiger partial charge in [0.2, 0.25) is 0 Å². The first-order chi connectivity index (χ1) is 9.11. The van der Waals surface area contributed by atoms with E-state index in [0.29, 0.717) is 6.04 Å². The van der Waals surface area contributed by atoms with E-state index in [-0.39, 0.29) is 0 Å². The Morgan fingerprint density at radius 3 is 2.47 bits per heavy atom. The highest BCUT2D eigenvalue weighted by molar-refractivity contribution is 5.29. The van der Waals surface area contributed by atoms with Gasteiger partial charge < -0.3 is 10.1 Å². The molecule has 1 heterocycles. The Kier molecular flexibility index (Phi) is 4.22. The van der Waals surface area contributed by atoms with Gasteiger partial charge in [0.25, 0.3) is 0 Å². The first kappa shape index (κ1) is 13.6. The molecule has 4 nitrogen and oxygen atoms in total. The standard InChI is InChI=1S/C15H21N3O/c1-10(13-5-7-14(19-4)8-6-13)16-9-15-11(2)17-18-12(15)3/h5-8,10,16H,9H2,1-4H3,(H,17,18)/t10-/m1/s1. The molecule has 102 valence electrons. The Labute approximate surface area is 114 Å². The van der Waals surface area contributed by atoms with Crippen LogP contribution in [0.5, 0.6) is 5.75 Å². The average molecular weight is 259 g/mol. The number of benzene rings is 1. The number of methoxy groups -OCH3 is 1. The van der Waals surface area contributed by atoms with E-state index in [4.69, 9.17) is 4.74 Å². The fourth-order valence-corrected chi connectivity index (χ4v) is 2.10. The molecule has 2 rings (SSSR count). The molecule has 0 fully saturated rings. The van der Waals surface area contributed by atoms with Gasteiger partial charge in [0.15, 0.2) is 0 Å². The highest BCUT2D eigenvalue weighted by atomic mass is 16.5. The van der Waals surface area contributed by atoms with E-state index in [1.165, 1.54) is 11.1 Å². The lowest BCUT2D eigenvalue weighted by Crippen LogP contribution is -2.18. The summed E-state index contributed by atoms with van der Waals surface area (Å²) in [5.41, 5.74) is 4.69. The molecule has 0 amide bonds. The van der Waals surface area contributed by atoms with Crippen molar-refractivity contribution < 1.29 is 4.74 Å². The summed E-state index contributed by atoms with van der Waals surface area (Å²) in [6.45, 7) is 7.06. The smallest absolute Gasteiger partial charge is 0.118 e. The summed E-state index contributed by atoms with van der Waals surface area (Å²) in [5.74, 6) is 0.887. The maximum absolute atomic E-state index is 5.17. The van der Waals surface area contributed by atoms with Crippen LogP contribution in [0.3, 0.4) is 0 Å². The number of rotatable bonds is 5. The zero-order chi connectivity index (χ0) is 13.8. The second-order valence-electron chi connectivity index (χ2n) is 4.79. The van der Waals surface area contributed by atoms with E-state index in [2.05, 4.69) is 41.5 Å². The number of aryl methyl sites for hydroxylation is 2. The molecule has 0 aliphatic carbocycles. The van der Waals surface area contributed by atoms with Crippen molar-refractivity contribution in [3.8, 4) is 5.75 Å². The topological polar surface area (TPSA) is 49.9 Å². The van der Waals surface area contributed by atoms with Crippen LogP contribution in [-0.2, 0) is 6.54 Å². The van der Waals surface area contributed by atoms with Crippen molar-refractivity contribution in [1.82, 2.24) is 15.5 Å². The number of hydrogen-bond acceptors (Lipinski definition) is 3. The Bertz CT molecular complexity index is 511. The van der Waals surface area contributed by atoms with Gasteiger partial charge in [0.05, 0.1) is 12.8 Å². The molecule has 0 radical (unpaired) electrons. The summed E-state index contributed by atoms with van der Waals surface area (Å²) >= 11 is 0. The van der Waals surface area contributed by atoms with Crippen molar-refractivity contribution >= 4 is 0 Å². The summed E-state index contributed by atoms with van der Waals surface area (Å²) in [4.78, 5) is 0. The first-order valence-electron chi connectivity index (χ1n) is 6.49. The number of hydrogen-bond donors (Lipinski definition) is 2. The van der Waals surface area contributed by atoms with Crippen molar-refractivity contribution in [3.05, 3.63) is 46.8 Å².